The predicted molar refractivity (Wildman–Crippen MR) is 116 cm³/mol. The summed E-state index contributed by atoms with van der Waals surface area (Å²) in [6.45, 7) is 2.54. The molecule has 1 amide bonds. The maximum absolute atomic E-state index is 12.4. The number of rotatable bonds is 9. The lowest BCUT2D eigenvalue weighted by molar-refractivity contribution is 0.0953. The smallest absolute Gasteiger partial charge is 0.261 e. The Morgan fingerprint density at radius 2 is 1.86 bits per heavy atom. The number of sulfonamides is 1. The van der Waals surface area contributed by atoms with Gasteiger partial charge in [-0.15, -0.1) is 11.3 Å². The molecule has 3 aromatic rings. The van der Waals surface area contributed by atoms with Crippen LogP contribution in [-0.4, -0.2) is 25.9 Å². The van der Waals surface area contributed by atoms with Crippen LogP contribution >= 0.6 is 11.3 Å². The van der Waals surface area contributed by atoms with Gasteiger partial charge in [0.2, 0.25) is 0 Å². The normalized spacial score (nSPS) is 11.2. The fourth-order valence-corrected chi connectivity index (χ4v) is 4.65. The number of carbonyl (C=O) groups excluding carboxylic acids is 1. The minimum atomic E-state index is -3.69. The molecular weight excluding hydrogens is 406 g/mol. The minimum Gasteiger partial charge on any atom is -0.352 e. The second kappa shape index (κ2) is 9.67. The molecule has 0 aliphatic rings. The third-order valence-corrected chi connectivity index (χ3v) is 6.62. The zero-order valence-electron chi connectivity index (χ0n) is 16.1. The first-order valence-electron chi connectivity index (χ1n) is 9.31. The van der Waals surface area contributed by atoms with Crippen molar-refractivity contribution < 1.29 is 13.2 Å². The highest BCUT2D eigenvalue weighted by Gasteiger charge is 2.14. The summed E-state index contributed by atoms with van der Waals surface area (Å²) in [5, 5.41) is 6.03. The monoisotopic (exact) mass is 429 g/mol. The summed E-state index contributed by atoms with van der Waals surface area (Å²) in [4.78, 5) is 17.0. The first-order chi connectivity index (χ1) is 13.9. The van der Waals surface area contributed by atoms with E-state index in [1.165, 1.54) is 18.2 Å². The molecule has 0 aliphatic heterocycles. The van der Waals surface area contributed by atoms with E-state index in [-0.39, 0.29) is 10.8 Å². The van der Waals surface area contributed by atoms with Gasteiger partial charge in [0, 0.05) is 28.9 Å². The molecule has 2 N–H and O–H groups in total. The standard InChI is InChI=1S/C21H23N3O3S2/c1-16-15-28-20(23-16)12-5-6-13-22-21(25)17-8-7-9-18(14-17)24-29(26,27)19-10-3-2-4-11-19/h2-4,7-11,14-15,24H,5-6,12-13H2,1H3,(H,22,25). The van der Waals surface area contributed by atoms with Crippen LogP contribution in [0.25, 0.3) is 0 Å². The molecule has 0 saturated heterocycles. The lowest BCUT2D eigenvalue weighted by atomic mass is 10.2. The van der Waals surface area contributed by atoms with Gasteiger partial charge >= 0.3 is 0 Å². The van der Waals surface area contributed by atoms with Crippen LogP contribution in [0.2, 0.25) is 0 Å². The topological polar surface area (TPSA) is 88.2 Å². The largest absolute Gasteiger partial charge is 0.352 e. The van der Waals surface area contributed by atoms with Crippen molar-refractivity contribution in [1.29, 1.82) is 0 Å². The Bertz CT molecular complexity index is 1060. The molecule has 6 nitrogen and oxygen atoms in total. The number of benzene rings is 2. The molecule has 0 aliphatic carbocycles. The highest BCUT2D eigenvalue weighted by atomic mass is 32.2. The van der Waals surface area contributed by atoms with Crippen molar-refractivity contribution in [1.82, 2.24) is 10.3 Å². The van der Waals surface area contributed by atoms with Gasteiger partial charge in [-0.2, -0.15) is 0 Å². The van der Waals surface area contributed by atoms with Gasteiger partial charge in [-0.3, -0.25) is 9.52 Å². The molecule has 0 bridgehead atoms. The van der Waals surface area contributed by atoms with Crippen LogP contribution in [-0.2, 0) is 16.4 Å². The van der Waals surface area contributed by atoms with Gasteiger partial charge in [0.1, 0.15) is 0 Å². The van der Waals surface area contributed by atoms with Crippen molar-refractivity contribution in [2.24, 2.45) is 0 Å². The maximum Gasteiger partial charge on any atom is 0.261 e. The Labute approximate surface area is 175 Å². The molecule has 3 rings (SSSR count). The summed E-state index contributed by atoms with van der Waals surface area (Å²) in [7, 11) is -3.69. The zero-order chi connectivity index (χ0) is 20.7. The third kappa shape index (κ3) is 6.13. The number of nitrogens with one attached hydrogen (secondary N) is 2. The molecule has 0 unspecified atom stereocenters. The van der Waals surface area contributed by atoms with Crippen molar-refractivity contribution in [3.63, 3.8) is 0 Å². The van der Waals surface area contributed by atoms with Gasteiger partial charge in [-0.25, -0.2) is 13.4 Å². The molecule has 0 atom stereocenters. The van der Waals surface area contributed by atoms with E-state index in [9.17, 15) is 13.2 Å². The molecule has 0 fully saturated rings. The van der Waals surface area contributed by atoms with Gasteiger partial charge in [0.25, 0.3) is 15.9 Å². The van der Waals surface area contributed by atoms with E-state index in [0.717, 1.165) is 30.0 Å². The minimum absolute atomic E-state index is 0.172. The number of thiazole rings is 1. The Morgan fingerprint density at radius 1 is 1.07 bits per heavy atom. The molecule has 1 aromatic heterocycles. The summed E-state index contributed by atoms with van der Waals surface area (Å²) in [6, 6.07) is 14.6. The number of carbonyl (C=O) groups is 1. The van der Waals surface area contributed by atoms with Gasteiger partial charge in [0.05, 0.1) is 9.90 Å². The molecule has 29 heavy (non-hydrogen) atoms. The van der Waals surface area contributed by atoms with Crippen molar-refractivity contribution in [3.05, 3.63) is 76.2 Å². The number of aromatic nitrogens is 1. The van der Waals surface area contributed by atoms with E-state index in [2.05, 4.69) is 15.0 Å². The highest BCUT2D eigenvalue weighted by molar-refractivity contribution is 7.92. The van der Waals surface area contributed by atoms with Crippen molar-refractivity contribution >= 4 is 33.0 Å². The van der Waals surface area contributed by atoms with Gasteiger partial charge in [-0.1, -0.05) is 24.3 Å². The van der Waals surface area contributed by atoms with Crippen LogP contribution in [0.4, 0.5) is 5.69 Å². The predicted octanol–water partition coefficient (Wildman–Crippen LogP) is 4.01. The molecule has 1 heterocycles. The molecular formula is C21H23N3O3S2. The highest BCUT2D eigenvalue weighted by Crippen LogP contribution is 2.17. The van der Waals surface area contributed by atoms with E-state index < -0.39 is 10.0 Å². The number of hydrogen-bond acceptors (Lipinski definition) is 5. The Morgan fingerprint density at radius 3 is 2.59 bits per heavy atom. The summed E-state index contributed by atoms with van der Waals surface area (Å²) >= 11 is 1.66. The van der Waals surface area contributed by atoms with Gasteiger partial charge < -0.3 is 5.32 Å². The number of unbranched alkanes of at least 4 members (excludes halogenated alkanes) is 1. The van der Waals surface area contributed by atoms with Gasteiger partial charge in [-0.05, 0) is 56.5 Å². The van der Waals surface area contributed by atoms with E-state index in [1.807, 2.05) is 12.3 Å². The number of aryl methyl sites for hydroxylation is 2. The SMILES string of the molecule is Cc1csc(CCCCNC(=O)c2cccc(NS(=O)(=O)c3ccccc3)c2)n1. The first-order valence-corrected chi connectivity index (χ1v) is 11.7. The summed E-state index contributed by atoms with van der Waals surface area (Å²) in [5.74, 6) is -0.226. The Balaban J connectivity index is 1.51. The van der Waals surface area contributed by atoms with Crippen LogP contribution in [0.3, 0.4) is 0 Å². The molecule has 8 heteroatoms. The Hall–Kier alpha value is -2.71. The van der Waals surface area contributed by atoms with Crippen LogP contribution in [0.15, 0.2) is 64.9 Å². The van der Waals surface area contributed by atoms with Crippen molar-refractivity contribution in [2.45, 2.75) is 31.1 Å². The first kappa shape index (κ1) is 21.0. The lowest BCUT2D eigenvalue weighted by Gasteiger charge is -2.10. The van der Waals surface area contributed by atoms with Crippen LogP contribution < -0.4 is 10.0 Å². The second-order valence-corrected chi connectivity index (χ2v) is 9.22. The van der Waals surface area contributed by atoms with Crippen molar-refractivity contribution in [2.75, 3.05) is 11.3 Å². The average Bonchev–Trinajstić information content (AvgIpc) is 3.13. The number of hydrogen-bond donors (Lipinski definition) is 2. The summed E-state index contributed by atoms with van der Waals surface area (Å²) in [6.07, 6.45) is 2.71. The van der Waals surface area contributed by atoms with E-state index in [0.29, 0.717) is 17.8 Å². The summed E-state index contributed by atoms with van der Waals surface area (Å²) in [5.41, 5.74) is 1.80. The fraction of sp³-hybridized carbons (Fsp3) is 0.238. The summed E-state index contributed by atoms with van der Waals surface area (Å²) < 4.78 is 27.4. The maximum atomic E-state index is 12.4. The van der Waals surface area contributed by atoms with Crippen LogP contribution in [0.1, 0.15) is 33.9 Å². The Kier molecular flexibility index (Phi) is 7.00. The van der Waals surface area contributed by atoms with E-state index in [4.69, 9.17) is 0 Å². The average molecular weight is 430 g/mol. The zero-order valence-corrected chi connectivity index (χ0v) is 17.7. The quantitative estimate of drug-likeness (QED) is 0.503. The molecule has 0 saturated carbocycles. The number of nitrogens with zero attached hydrogens (tertiary/aromatic N) is 1. The van der Waals surface area contributed by atoms with E-state index >= 15 is 0 Å². The molecule has 2 aromatic carbocycles. The fourth-order valence-electron chi connectivity index (χ4n) is 2.76. The van der Waals surface area contributed by atoms with Crippen LogP contribution in [0, 0.1) is 6.92 Å². The van der Waals surface area contributed by atoms with Gasteiger partial charge in [0.15, 0.2) is 0 Å². The van der Waals surface area contributed by atoms with Crippen LogP contribution in [0.5, 0.6) is 0 Å². The van der Waals surface area contributed by atoms with Crippen molar-refractivity contribution in [3.8, 4) is 0 Å². The molecule has 0 radical (unpaired) electrons. The number of amides is 1. The molecule has 0 spiro atoms. The van der Waals surface area contributed by atoms with E-state index in [1.54, 1.807) is 47.7 Å². The molecule has 152 valence electrons. The number of anilines is 1. The lowest BCUT2D eigenvalue weighted by Crippen LogP contribution is -2.24. The third-order valence-electron chi connectivity index (χ3n) is 4.20. The second-order valence-electron chi connectivity index (χ2n) is 6.59.